The van der Waals surface area contributed by atoms with Crippen LogP contribution in [0.1, 0.15) is 34.7 Å². The van der Waals surface area contributed by atoms with Crippen molar-refractivity contribution in [2.24, 2.45) is 11.0 Å². The SMILES string of the molecule is FC(F)(F)c1cccc(NC(=S)N2N=C3c4ccccc4CCC3C2c2ccccc2Cl)c1. The van der Waals surface area contributed by atoms with E-state index in [0.717, 1.165) is 41.8 Å². The number of nitrogens with zero attached hydrogens (tertiary/aromatic N) is 2. The molecule has 5 rings (SSSR count). The Hall–Kier alpha value is -2.90. The second kappa shape index (κ2) is 8.47. The van der Waals surface area contributed by atoms with Gasteiger partial charge in [-0.2, -0.15) is 18.3 Å². The zero-order chi connectivity index (χ0) is 23.2. The molecule has 2 unspecified atom stereocenters. The Bertz CT molecular complexity index is 1260. The molecule has 1 aliphatic carbocycles. The minimum absolute atomic E-state index is 0.0565. The molecule has 0 fully saturated rings. The first kappa shape index (κ1) is 21.9. The lowest BCUT2D eigenvalue weighted by Crippen LogP contribution is -2.35. The Morgan fingerprint density at radius 3 is 2.58 bits per heavy atom. The summed E-state index contributed by atoms with van der Waals surface area (Å²) < 4.78 is 39.5. The second-order valence-electron chi connectivity index (χ2n) is 8.11. The van der Waals surface area contributed by atoms with Crippen LogP contribution in [0.3, 0.4) is 0 Å². The Balaban J connectivity index is 1.53. The summed E-state index contributed by atoms with van der Waals surface area (Å²) in [6.07, 6.45) is -2.66. The number of benzene rings is 3. The summed E-state index contributed by atoms with van der Waals surface area (Å²) in [6, 6.07) is 20.4. The molecule has 0 bridgehead atoms. The molecule has 0 spiro atoms. The van der Waals surface area contributed by atoms with Crippen molar-refractivity contribution < 1.29 is 13.2 Å². The molecule has 0 aromatic heterocycles. The van der Waals surface area contributed by atoms with Crippen LogP contribution in [0.25, 0.3) is 0 Å². The molecule has 1 aliphatic heterocycles. The minimum Gasteiger partial charge on any atom is -0.331 e. The minimum atomic E-state index is -4.44. The van der Waals surface area contributed by atoms with Crippen molar-refractivity contribution >= 4 is 40.3 Å². The van der Waals surface area contributed by atoms with Crippen molar-refractivity contribution in [2.45, 2.75) is 25.1 Å². The third kappa shape index (κ3) is 4.11. The number of rotatable bonds is 2. The summed E-state index contributed by atoms with van der Waals surface area (Å²) in [5.74, 6) is 0.0565. The van der Waals surface area contributed by atoms with E-state index >= 15 is 0 Å². The van der Waals surface area contributed by atoms with Crippen molar-refractivity contribution in [3.63, 3.8) is 0 Å². The van der Waals surface area contributed by atoms with Gasteiger partial charge in [0.1, 0.15) is 0 Å². The second-order valence-corrected chi connectivity index (χ2v) is 8.90. The number of hydrazone groups is 1. The number of fused-ring (bicyclic) bond motifs is 3. The highest BCUT2D eigenvalue weighted by molar-refractivity contribution is 7.80. The van der Waals surface area contributed by atoms with Gasteiger partial charge in [-0.05, 0) is 60.5 Å². The molecule has 0 amide bonds. The van der Waals surface area contributed by atoms with Crippen LogP contribution in [0.4, 0.5) is 18.9 Å². The largest absolute Gasteiger partial charge is 0.416 e. The summed E-state index contributed by atoms with van der Waals surface area (Å²) in [5.41, 5.74) is 3.63. The summed E-state index contributed by atoms with van der Waals surface area (Å²) >= 11 is 12.2. The van der Waals surface area contributed by atoms with Crippen molar-refractivity contribution in [3.05, 3.63) is 100 Å². The summed E-state index contributed by atoms with van der Waals surface area (Å²) in [6.45, 7) is 0. The van der Waals surface area contributed by atoms with Crippen LogP contribution >= 0.6 is 23.8 Å². The molecule has 168 valence electrons. The monoisotopic (exact) mass is 485 g/mol. The fraction of sp³-hybridized carbons (Fsp3) is 0.200. The zero-order valence-electron chi connectivity index (χ0n) is 17.3. The highest BCUT2D eigenvalue weighted by Gasteiger charge is 2.43. The Labute approximate surface area is 199 Å². The Kier molecular flexibility index (Phi) is 5.62. The molecule has 2 aliphatic rings. The first-order valence-corrected chi connectivity index (χ1v) is 11.3. The van der Waals surface area contributed by atoms with E-state index < -0.39 is 11.7 Å². The fourth-order valence-electron chi connectivity index (χ4n) is 4.61. The molecule has 3 aromatic carbocycles. The van der Waals surface area contributed by atoms with Gasteiger partial charge in [-0.3, -0.25) is 0 Å². The first-order valence-electron chi connectivity index (χ1n) is 10.5. The van der Waals surface area contributed by atoms with E-state index in [0.29, 0.717) is 5.02 Å². The quantitative estimate of drug-likeness (QED) is 0.393. The van der Waals surface area contributed by atoms with Gasteiger partial charge >= 0.3 is 6.18 Å². The van der Waals surface area contributed by atoms with Gasteiger partial charge in [0.25, 0.3) is 0 Å². The fourth-order valence-corrected chi connectivity index (χ4v) is 5.13. The number of thiocarbonyl (C=S) groups is 1. The van der Waals surface area contributed by atoms with E-state index in [1.54, 1.807) is 11.1 Å². The third-order valence-corrected chi connectivity index (χ3v) is 6.74. The van der Waals surface area contributed by atoms with Crippen LogP contribution in [0.5, 0.6) is 0 Å². The molecule has 0 saturated carbocycles. The van der Waals surface area contributed by atoms with Crippen molar-refractivity contribution in [3.8, 4) is 0 Å². The van der Waals surface area contributed by atoms with Crippen LogP contribution in [-0.4, -0.2) is 15.8 Å². The van der Waals surface area contributed by atoms with E-state index in [1.807, 2.05) is 36.4 Å². The van der Waals surface area contributed by atoms with Gasteiger partial charge in [0, 0.05) is 22.2 Å². The zero-order valence-corrected chi connectivity index (χ0v) is 18.9. The van der Waals surface area contributed by atoms with Crippen LogP contribution in [-0.2, 0) is 12.6 Å². The van der Waals surface area contributed by atoms with Gasteiger partial charge in [-0.15, -0.1) is 0 Å². The normalized spacial score (nSPS) is 19.5. The molecule has 33 heavy (non-hydrogen) atoms. The lowest BCUT2D eigenvalue weighted by Gasteiger charge is -2.31. The van der Waals surface area contributed by atoms with E-state index in [1.165, 1.54) is 11.6 Å². The van der Waals surface area contributed by atoms with Crippen molar-refractivity contribution in [1.29, 1.82) is 0 Å². The smallest absolute Gasteiger partial charge is 0.331 e. The molecule has 1 N–H and O–H groups in total. The standard InChI is InChI=1S/C25H19ClF3N3S/c26-21-11-4-3-10-19(21)23-20-13-12-15-6-1-2-9-18(15)22(20)31-32(23)24(33)30-17-8-5-7-16(14-17)25(27,28)29/h1-11,14,20,23H,12-13H2,(H,30,33). The van der Waals surface area contributed by atoms with Gasteiger partial charge in [-0.25, -0.2) is 5.01 Å². The van der Waals surface area contributed by atoms with Crippen LogP contribution in [0.15, 0.2) is 77.9 Å². The van der Waals surface area contributed by atoms with E-state index in [-0.39, 0.29) is 22.8 Å². The average Bonchev–Trinajstić information content (AvgIpc) is 3.19. The molecular weight excluding hydrogens is 467 g/mol. The molecule has 1 heterocycles. The van der Waals surface area contributed by atoms with Gasteiger partial charge in [0.05, 0.1) is 17.3 Å². The number of anilines is 1. The van der Waals surface area contributed by atoms with Gasteiger partial charge in [0.2, 0.25) is 0 Å². The van der Waals surface area contributed by atoms with E-state index in [2.05, 4.69) is 17.4 Å². The number of nitrogens with one attached hydrogen (secondary N) is 1. The third-order valence-electron chi connectivity index (χ3n) is 6.10. The maximum absolute atomic E-state index is 13.2. The lowest BCUT2D eigenvalue weighted by molar-refractivity contribution is -0.137. The molecule has 3 aromatic rings. The first-order chi connectivity index (χ1) is 15.8. The molecule has 3 nitrogen and oxygen atoms in total. The number of hydrogen-bond acceptors (Lipinski definition) is 2. The molecule has 0 radical (unpaired) electrons. The van der Waals surface area contributed by atoms with Crippen molar-refractivity contribution in [1.82, 2.24) is 5.01 Å². The van der Waals surface area contributed by atoms with Gasteiger partial charge < -0.3 is 5.32 Å². The number of hydrogen-bond donors (Lipinski definition) is 1. The number of alkyl halides is 3. The number of aryl methyl sites for hydroxylation is 1. The maximum atomic E-state index is 13.2. The average molecular weight is 486 g/mol. The topological polar surface area (TPSA) is 27.6 Å². The predicted octanol–water partition coefficient (Wildman–Crippen LogP) is 7.08. The Morgan fingerprint density at radius 2 is 1.79 bits per heavy atom. The van der Waals surface area contributed by atoms with Gasteiger partial charge in [0.15, 0.2) is 5.11 Å². The summed E-state index contributed by atoms with van der Waals surface area (Å²) in [4.78, 5) is 0. The number of halogens is 4. The van der Waals surface area contributed by atoms with E-state index in [9.17, 15) is 13.2 Å². The molecule has 2 atom stereocenters. The van der Waals surface area contributed by atoms with Crippen LogP contribution < -0.4 is 5.32 Å². The van der Waals surface area contributed by atoms with E-state index in [4.69, 9.17) is 28.9 Å². The molecule has 0 saturated heterocycles. The van der Waals surface area contributed by atoms with Crippen molar-refractivity contribution in [2.75, 3.05) is 5.32 Å². The highest BCUT2D eigenvalue weighted by Crippen LogP contribution is 2.45. The predicted molar refractivity (Wildman–Crippen MR) is 128 cm³/mol. The summed E-state index contributed by atoms with van der Waals surface area (Å²) in [5, 5.41) is 10.4. The molecule has 8 heteroatoms. The van der Waals surface area contributed by atoms with Crippen LogP contribution in [0.2, 0.25) is 5.02 Å². The maximum Gasteiger partial charge on any atom is 0.416 e. The highest BCUT2D eigenvalue weighted by atomic mass is 35.5. The van der Waals surface area contributed by atoms with Gasteiger partial charge in [-0.1, -0.05) is 60.1 Å². The Morgan fingerprint density at radius 1 is 1.03 bits per heavy atom. The molecular formula is C25H19ClF3N3S. The lowest BCUT2D eigenvalue weighted by atomic mass is 9.77. The van der Waals surface area contributed by atoms with Crippen LogP contribution in [0, 0.1) is 5.92 Å². The summed E-state index contributed by atoms with van der Waals surface area (Å²) in [7, 11) is 0.